The summed E-state index contributed by atoms with van der Waals surface area (Å²) >= 11 is 3.18. The van der Waals surface area contributed by atoms with Crippen LogP contribution in [0.15, 0.2) is 21.4 Å². The van der Waals surface area contributed by atoms with Gasteiger partial charge in [0.15, 0.2) is 0 Å². The van der Waals surface area contributed by atoms with Gasteiger partial charge in [0, 0.05) is 4.47 Å². The Labute approximate surface area is 87.1 Å². The molecule has 1 aromatic carbocycles. The van der Waals surface area contributed by atoms with Gasteiger partial charge in [-0.15, -0.1) is 0 Å². The van der Waals surface area contributed by atoms with Crippen LogP contribution in [0.3, 0.4) is 0 Å². The lowest BCUT2D eigenvalue weighted by atomic mass is 10.2. The van der Waals surface area contributed by atoms with Gasteiger partial charge in [0.2, 0.25) is 0 Å². The molecule has 2 aromatic rings. The largest absolute Gasteiger partial charge is 0.310 e. The Hall–Kier alpha value is -1.23. The molecule has 1 aromatic heterocycles. The number of fused-ring (bicyclic) bond motifs is 1. The molecule has 0 atom stereocenters. The minimum Gasteiger partial charge on any atom is -0.310 e. The van der Waals surface area contributed by atoms with Crippen LogP contribution in [0.2, 0.25) is 0 Å². The van der Waals surface area contributed by atoms with Crippen molar-refractivity contribution in [1.82, 2.24) is 9.97 Å². The van der Waals surface area contributed by atoms with Crippen molar-refractivity contribution < 1.29 is 4.39 Å². The molecule has 3 nitrogen and oxygen atoms in total. The zero-order valence-electron chi connectivity index (χ0n) is 7.27. The van der Waals surface area contributed by atoms with Crippen LogP contribution in [0.5, 0.6) is 0 Å². The molecule has 0 radical (unpaired) electrons. The first-order valence-electron chi connectivity index (χ1n) is 3.94. The number of hydrogen-bond donors (Lipinski definition) is 1. The standard InChI is InChI=1S/C9H6BrFN2O/c1-4-12-8-6(11)3-2-5(10)7(8)9(14)13-4/h2-3H,1H3,(H,12,13,14). The molecular weight excluding hydrogens is 251 g/mol. The second kappa shape index (κ2) is 3.16. The Kier molecular flexibility index (Phi) is 2.11. The van der Waals surface area contributed by atoms with Gasteiger partial charge in [0.25, 0.3) is 5.56 Å². The number of aryl methyl sites for hydroxylation is 1. The van der Waals surface area contributed by atoms with Crippen LogP contribution in [-0.2, 0) is 0 Å². The third-order valence-electron chi connectivity index (χ3n) is 1.88. The molecule has 0 saturated carbocycles. The van der Waals surface area contributed by atoms with Crippen LogP contribution >= 0.6 is 15.9 Å². The van der Waals surface area contributed by atoms with Crippen LogP contribution in [0.25, 0.3) is 10.9 Å². The summed E-state index contributed by atoms with van der Waals surface area (Å²) in [7, 11) is 0. The van der Waals surface area contributed by atoms with Crippen molar-refractivity contribution in [2.24, 2.45) is 0 Å². The van der Waals surface area contributed by atoms with Crippen LogP contribution < -0.4 is 5.56 Å². The molecule has 1 N–H and O–H groups in total. The van der Waals surface area contributed by atoms with E-state index in [9.17, 15) is 9.18 Å². The van der Waals surface area contributed by atoms with Crippen molar-refractivity contribution in [2.45, 2.75) is 6.92 Å². The quantitative estimate of drug-likeness (QED) is 0.785. The highest BCUT2D eigenvalue weighted by molar-refractivity contribution is 9.10. The summed E-state index contributed by atoms with van der Waals surface area (Å²) < 4.78 is 13.8. The van der Waals surface area contributed by atoms with E-state index in [4.69, 9.17) is 0 Å². The number of aromatic nitrogens is 2. The average Bonchev–Trinajstić information content (AvgIpc) is 2.10. The molecule has 72 valence electrons. The monoisotopic (exact) mass is 256 g/mol. The van der Waals surface area contributed by atoms with E-state index in [0.29, 0.717) is 10.3 Å². The average molecular weight is 257 g/mol. The highest BCUT2D eigenvalue weighted by Crippen LogP contribution is 2.21. The Morgan fingerprint density at radius 2 is 2.21 bits per heavy atom. The smallest absolute Gasteiger partial charge is 0.260 e. The van der Waals surface area contributed by atoms with E-state index in [0.717, 1.165) is 0 Å². The van der Waals surface area contributed by atoms with E-state index in [2.05, 4.69) is 25.9 Å². The summed E-state index contributed by atoms with van der Waals surface area (Å²) in [6.07, 6.45) is 0. The van der Waals surface area contributed by atoms with Crippen molar-refractivity contribution in [3.05, 3.63) is 38.6 Å². The fraction of sp³-hybridized carbons (Fsp3) is 0.111. The van der Waals surface area contributed by atoms with Crippen LogP contribution in [0.4, 0.5) is 4.39 Å². The lowest BCUT2D eigenvalue weighted by Gasteiger charge is -2.01. The van der Waals surface area contributed by atoms with Gasteiger partial charge in [-0.3, -0.25) is 4.79 Å². The summed E-state index contributed by atoms with van der Waals surface area (Å²) in [6, 6.07) is 2.77. The topological polar surface area (TPSA) is 45.8 Å². The Balaban J connectivity index is 3.08. The Morgan fingerprint density at radius 3 is 2.93 bits per heavy atom. The van der Waals surface area contributed by atoms with Gasteiger partial charge in [-0.2, -0.15) is 0 Å². The highest BCUT2D eigenvalue weighted by Gasteiger charge is 2.09. The lowest BCUT2D eigenvalue weighted by molar-refractivity contribution is 0.635. The second-order valence-electron chi connectivity index (χ2n) is 2.90. The first-order valence-corrected chi connectivity index (χ1v) is 4.73. The molecule has 0 amide bonds. The summed E-state index contributed by atoms with van der Waals surface area (Å²) in [5.41, 5.74) is -0.237. The zero-order valence-corrected chi connectivity index (χ0v) is 8.85. The van der Waals surface area contributed by atoms with E-state index in [1.54, 1.807) is 6.92 Å². The Morgan fingerprint density at radius 1 is 1.50 bits per heavy atom. The minimum atomic E-state index is -0.489. The molecular formula is C9H6BrFN2O. The molecule has 1 heterocycles. The number of rotatable bonds is 0. The van der Waals surface area contributed by atoms with E-state index < -0.39 is 5.82 Å². The predicted molar refractivity (Wildman–Crippen MR) is 54.8 cm³/mol. The normalized spacial score (nSPS) is 10.8. The SMILES string of the molecule is Cc1nc2c(F)ccc(Br)c2c(=O)[nH]1. The Bertz CT molecular complexity index is 564. The van der Waals surface area contributed by atoms with Crippen molar-refractivity contribution in [3.63, 3.8) is 0 Å². The molecule has 0 bridgehead atoms. The highest BCUT2D eigenvalue weighted by atomic mass is 79.9. The van der Waals surface area contributed by atoms with Gasteiger partial charge >= 0.3 is 0 Å². The lowest BCUT2D eigenvalue weighted by Crippen LogP contribution is -2.11. The predicted octanol–water partition coefficient (Wildman–Crippen LogP) is 2.13. The first-order chi connectivity index (χ1) is 6.59. The number of halogens is 2. The maximum atomic E-state index is 13.3. The maximum Gasteiger partial charge on any atom is 0.260 e. The van der Waals surface area contributed by atoms with E-state index in [1.807, 2.05) is 0 Å². The molecule has 14 heavy (non-hydrogen) atoms. The summed E-state index contributed by atoms with van der Waals surface area (Å²) in [4.78, 5) is 17.9. The molecule has 0 unspecified atom stereocenters. The molecule has 5 heteroatoms. The number of nitrogens with one attached hydrogen (secondary N) is 1. The van der Waals surface area contributed by atoms with Crippen LogP contribution in [0.1, 0.15) is 5.82 Å². The number of aromatic amines is 1. The van der Waals surface area contributed by atoms with Gasteiger partial charge < -0.3 is 4.98 Å². The number of benzene rings is 1. The van der Waals surface area contributed by atoms with Gasteiger partial charge in [-0.25, -0.2) is 9.37 Å². The fourth-order valence-corrected chi connectivity index (χ4v) is 1.79. The van der Waals surface area contributed by atoms with Gasteiger partial charge in [0.1, 0.15) is 17.2 Å². The van der Waals surface area contributed by atoms with E-state index in [1.165, 1.54) is 12.1 Å². The summed E-state index contributed by atoms with van der Waals surface area (Å²) in [5.74, 6) is -0.0862. The number of H-pyrrole nitrogens is 1. The first kappa shape index (κ1) is 9.33. The fourth-order valence-electron chi connectivity index (χ4n) is 1.29. The van der Waals surface area contributed by atoms with Crippen molar-refractivity contribution in [2.75, 3.05) is 0 Å². The van der Waals surface area contributed by atoms with Crippen molar-refractivity contribution >= 4 is 26.8 Å². The second-order valence-corrected chi connectivity index (χ2v) is 3.76. The third kappa shape index (κ3) is 1.33. The van der Waals surface area contributed by atoms with Crippen LogP contribution in [-0.4, -0.2) is 9.97 Å². The third-order valence-corrected chi connectivity index (χ3v) is 2.54. The van der Waals surface area contributed by atoms with Gasteiger partial charge in [0.05, 0.1) is 5.39 Å². The zero-order chi connectivity index (χ0) is 10.3. The minimum absolute atomic E-state index is 0.0978. The van der Waals surface area contributed by atoms with Crippen LogP contribution in [0, 0.1) is 12.7 Å². The van der Waals surface area contributed by atoms with Gasteiger partial charge in [-0.05, 0) is 35.0 Å². The molecule has 0 saturated heterocycles. The van der Waals surface area contributed by atoms with Crippen molar-refractivity contribution in [1.29, 1.82) is 0 Å². The number of hydrogen-bond acceptors (Lipinski definition) is 2. The molecule has 0 aliphatic rings. The molecule has 0 aliphatic carbocycles. The molecule has 0 spiro atoms. The molecule has 2 rings (SSSR count). The molecule has 0 aliphatic heterocycles. The maximum absolute atomic E-state index is 13.3. The number of nitrogens with zero attached hydrogens (tertiary/aromatic N) is 1. The summed E-state index contributed by atoms with van der Waals surface area (Å²) in [6.45, 7) is 1.61. The van der Waals surface area contributed by atoms with Crippen molar-refractivity contribution in [3.8, 4) is 0 Å². The van der Waals surface area contributed by atoms with E-state index >= 15 is 0 Å². The van der Waals surface area contributed by atoms with E-state index in [-0.39, 0.29) is 16.5 Å². The molecule has 0 fully saturated rings. The van der Waals surface area contributed by atoms with Gasteiger partial charge in [-0.1, -0.05) is 0 Å². The summed E-state index contributed by atoms with van der Waals surface area (Å²) in [5, 5.41) is 0.246.